The summed E-state index contributed by atoms with van der Waals surface area (Å²) in [6.45, 7) is 5.13. The molecule has 10 heteroatoms. The van der Waals surface area contributed by atoms with Gasteiger partial charge in [-0.05, 0) is 50.6 Å². The molecule has 2 aromatic rings. The number of unbranched alkanes of at least 4 members (excludes halogenated alkanes) is 1. The van der Waals surface area contributed by atoms with Crippen LogP contribution in [0.4, 0.5) is 11.4 Å². The number of para-hydroxylation sites is 2. The van der Waals surface area contributed by atoms with Crippen molar-refractivity contribution in [1.82, 2.24) is 5.32 Å². The van der Waals surface area contributed by atoms with Crippen molar-refractivity contribution in [2.45, 2.75) is 26.4 Å². The minimum atomic E-state index is -1.26. The summed E-state index contributed by atoms with van der Waals surface area (Å²) in [6, 6.07) is 14.1. The number of halogens is 1. The number of hydrogen-bond acceptors (Lipinski definition) is 7. The average Bonchev–Trinajstić information content (AvgIpc) is 3.01. The van der Waals surface area contributed by atoms with Crippen LogP contribution in [-0.4, -0.2) is 54.4 Å². The number of nitrogens with one attached hydrogen (secondary N) is 1. The molecule has 1 aliphatic rings. The highest BCUT2D eigenvalue weighted by Crippen LogP contribution is 2.40. The lowest BCUT2D eigenvalue weighted by molar-refractivity contribution is -0.137. The van der Waals surface area contributed by atoms with Crippen LogP contribution in [0, 0.1) is 0 Å². The van der Waals surface area contributed by atoms with Crippen LogP contribution in [0.5, 0.6) is 5.75 Å². The fourth-order valence-corrected chi connectivity index (χ4v) is 3.60. The first-order valence-electron chi connectivity index (χ1n) is 11.8. The van der Waals surface area contributed by atoms with Crippen LogP contribution in [0.25, 0.3) is 0 Å². The fourth-order valence-electron chi connectivity index (χ4n) is 3.43. The zero-order valence-electron chi connectivity index (χ0n) is 20.6. The Bertz CT molecular complexity index is 1100. The molecular formula is C27H31ClN2O7. The van der Waals surface area contributed by atoms with Gasteiger partial charge in [0.2, 0.25) is 0 Å². The summed E-state index contributed by atoms with van der Waals surface area (Å²) in [5.74, 6) is -1.92. The van der Waals surface area contributed by atoms with Crippen LogP contribution in [0.15, 0.2) is 66.8 Å². The Balaban J connectivity index is 0.000000521. The third kappa shape index (κ3) is 10.8. The molecule has 9 nitrogen and oxygen atoms in total. The minimum Gasteiger partial charge on any atom is -0.487 e. The van der Waals surface area contributed by atoms with E-state index >= 15 is 0 Å². The number of carbonyl (C=O) groups is 3. The van der Waals surface area contributed by atoms with Gasteiger partial charge in [-0.2, -0.15) is 0 Å². The molecule has 0 atom stereocenters. The molecule has 0 amide bonds. The quantitative estimate of drug-likeness (QED) is 0.217. The summed E-state index contributed by atoms with van der Waals surface area (Å²) in [5.41, 5.74) is 3.31. The lowest BCUT2D eigenvalue weighted by Gasteiger charge is -2.26. The summed E-state index contributed by atoms with van der Waals surface area (Å²) < 4.78 is 10.9. The number of rotatable bonds is 11. The topological polar surface area (TPSA) is 125 Å². The third-order valence-corrected chi connectivity index (χ3v) is 5.27. The maximum atomic E-state index is 11.2. The number of nitrogens with zero attached hydrogens (tertiary/aromatic N) is 1. The highest BCUT2D eigenvalue weighted by Gasteiger charge is 2.21. The number of benzene rings is 2. The van der Waals surface area contributed by atoms with Crippen LogP contribution < -0.4 is 15.0 Å². The number of aliphatic carboxylic acids is 2. The smallest absolute Gasteiger partial charge is 0.330 e. The molecule has 0 unspecified atom stereocenters. The second-order valence-corrected chi connectivity index (χ2v) is 8.19. The number of ether oxygens (including phenoxy) is 2. The molecule has 0 spiro atoms. The number of hydrogen-bond donors (Lipinski definition) is 3. The number of carboxylic acid groups (broad SMARTS) is 2. The Morgan fingerprint density at radius 2 is 1.78 bits per heavy atom. The Morgan fingerprint density at radius 1 is 1.05 bits per heavy atom. The summed E-state index contributed by atoms with van der Waals surface area (Å²) >= 11 is 6.28. The lowest BCUT2D eigenvalue weighted by Crippen LogP contribution is -2.21. The predicted octanol–water partition coefficient (Wildman–Crippen LogP) is 4.57. The number of fused-ring (bicyclic) bond motifs is 2. The van der Waals surface area contributed by atoms with Crippen molar-refractivity contribution in [3.8, 4) is 5.75 Å². The number of carbonyl (C=O) groups excluding carboxylic acids is 1. The summed E-state index contributed by atoms with van der Waals surface area (Å²) in [5, 5.41) is 19.7. The van der Waals surface area contributed by atoms with E-state index in [1.807, 2.05) is 36.4 Å². The van der Waals surface area contributed by atoms with E-state index in [1.54, 1.807) is 13.0 Å². The van der Waals surface area contributed by atoms with E-state index < -0.39 is 11.9 Å². The van der Waals surface area contributed by atoms with Gasteiger partial charge in [-0.1, -0.05) is 35.9 Å². The minimum absolute atomic E-state index is 0.298. The molecule has 0 saturated heterocycles. The Morgan fingerprint density at radius 3 is 2.49 bits per heavy atom. The maximum absolute atomic E-state index is 11.2. The number of anilines is 2. The summed E-state index contributed by atoms with van der Waals surface area (Å²) in [6.07, 6.45) is 6.40. The molecule has 3 N–H and O–H groups in total. The third-order valence-electron chi connectivity index (χ3n) is 5.03. The molecule has 1 aliphatic heterocycles. The van der Waals surface area contributed by atoms with E-state index in [-0.39, 0.29) is 5.97 Å². The number of esters is 1. The second kappa shape index (κ2) is 16.0. The van der Waals surface area contributed by atoms with E-state index in [4.69, 9.17) is 31.3 Å². The molecule has 37 heavy (non-hydrogen) atoms. The van der Waals surface area contributed by atoms with Gasteiger partial charge in [-0.3, -0.25) is 0 Å². The molecule has 0 aromatic heterocycles. The van der Waals surface area contributed by atoms with Crippen LogP contribution in [-0.2, 0) is 25.7 Å². The van der Waals surface area contributed by atoms with Crippen LogP contribution in [0.3, 0.4) is 0 Å². The van der Waals surface area contributed by atoms with E-state index in [0.29, 0.717) is 31.9 Å². The Kier molecular flexibility index (Phi) is 12.7. The normalized spacial score (nSPS) is 12.1. The molecule has 0 saturated carbocycles. The maximum Gasteiger partial charge on any atom is 0.330 e. The molecule has 0 fully saturated rings. The van der Waals surface area contributed by atoms with Gasteiger partial charge in [-0.15, -0.1) is 0 Å². The monoisotopic (exact) mass is 530 g/mol. The first-order valence-corrected chi connectivity index (χ1v) is 12.1. The fraction of sp³-hybridized carbons (Fsp3) is 0.296. The highest BCUT2D eigenvalue weighted by atomic mass is 35.5. The van der Waals surface area contributed by atoms with Gasteiger partial charge in [0.1, 0.15) is 12.4 Å². The first-order chi connectivity index (χ1) is 17.8. The van der Waals surface area contributed by atoms with E-state index in [2.05, 4.69) is 16.3 Å². The van der Waals surface area contributed by atoms with Crippen molar-refractivity contribution in [1.29, 1.82) is 0 Å². The van der Waals surface area contributed by atoms with Crippen molar-refractivity contribution in [3.63, 3.8) is 0 Å². The van der Waals surface area contributed by atoms with Gasteiger partial charge in [0.25, 0.3) is 0 Å². The Labute approximate surface area is 220 Å². The van der Waals surface area contributed by atoms with Gasteiger partial charge in [0, 0.05) is 47.6 Å². The first kappa shape index (κ1) is 29.4. The number of carboxylic acids is 2. The lowest BCUT2D eigenvalue weighted by atomic mass is 10.1. The van der Waals surface area contributed by atoms with Crippen molar-refractivity contribution in [2.75, 3.05) is 31.1 Å². The zero-order chi connectivity index (χ0) is 27.0. The van der Waals surface area contributed by atoms with Crippen molar-refractivity contribution < 1.29 is 34.1 Å². The van der Waals surface area contributed by atoms with Crippen LogP contribution in [0.2, 0.25) is 5.02 Å². The van der Waals surface area contributed by atoms with Gasteiger partial charge in [0.15, 0.2) is 0 Å². The van der Waals surface area contributed by atoms with E-state index in [0.717, 1.165) is 53.6 Å². The summed E-state index contributed by atoms with van der Waals surface area (Å²) in [4.78, 5) is 32.6. The van der Waals surface area contributed by atoms with Crippen LogP contribution in [0.1, 0.15) is 25.3 Å². The molecule has 0 aliphatic carbocycles. The standard InChI is InChI=1S/C23H27ClN2O3.C4H4O4/c1-2-28-23(27)10-7-14-25-13-5-6-15-26-20-8-3-4-9-22(20)29-17-18-11-12-19(24)16-21(18)26;5-3(6)1-2-4(7)8/h3-4,7-12,16,25H,2,5-6,13-15,17H2,1H3;1-2H,(H,5,6)(H,7,8)/b10-7+;2-1-. The van der Waals surface area contributed by atoms with Crippen molar-refractivity contribution in [2.24, 2.45) is 0 Å². The summed E-state index contributed by atoms with van der Waals surface area (Å²) in [7, 11) is 0. The highest BCUT2D eigenvalue weighted by molar-refractivity contribution is 6.30. The molecular weight excluding hydrogens is 500 g/mol. The second-order valence-electron chi connectivity index (χ2n) is 7.76. The molecule has 198 valence electrons. The Hall–Kier alpha value is -3.82. The SMILES string of the molecule is CCOC(=O)/C=C/CNCCCCN1c2cc(Cl)ccc2COc2ccccc21.O=C(O)/C=C\C(=O)O. The predicted molar refractivity (Wildman–Crippen MR) is 142 cm³/mol. The van der Waals surface area contributed by atoms with Gasteiger partial charge in [0.05, 0.1) is 12.3 Å². The molecule has 3 rings (SSSR count). The zero-order valence-corrected chi connectivity index (χ0v) is 21.3. The molecule has 0 radical (unpaired) electrons. The van der Waals surface area contributed by atoms with Gasteiger partial charge < -0.3 is 29.9 Å². The molecule has 2 aromatic carbocycles. The average molecular weight is 531 g/mol. The van der Waals surface area contributed by atoms with E-state index in [9.17, 15) is 14.4 Å². The van der Waals surface area contributed by atoms with Crippen molar-refractivity contribution in [3.05, 3.63) is 77.4 Å². The van der Waals surface area contributed by atoms with Gasteiger partial charge in [-0.25, -0.2) is 14.4 Å². The van der Waals surface area contributed by atoms with Gasteiger partial charge >= 0.3 is 17.9 Å². The van der Waals surface area contributed by atoms with Crippen LogP contribution >= 0.6 is 11.6 Å². The van der Waals surface area contributed by atoms with E-state index in [1.165, 1.54) is 6.08 Å². The molecule has 1 heterocycles. The molecule has 0 bridgehead atoms. The largest absolute Gasteiger partial charge is 0.487 e. The van der Waals surface area contributed by atoms with Crippen molar-refractivity contribution >= 4 is 40.9 Å².